The summed E-state index contributed by atoms with van der Waals surface area (Å²) in [5.41, 5.74) is -0.493. The standard InChI is InChI=1S/C19H18O7/c1-24-12-5-4-10-9-19(18(23)26-3,17(22)13(10)8-12)11-6-14(20)16(21)15(7-11)25-2/h4-8,20-21H,9H2,1-3H3. The molecule has 0 radical (unpaired) electrons. The van der Waals surface area contributed by atoms with Gasteiger partial charge in [0.05, 0.1) is 21.3 Å². The van der Waals surface area contributed by atoms with Crippen LogP contribution in [0.15, 0.2) is 30.3 Å². The Labute approximate surface area is 149 Å². The molecule has 0 saturated carbocycles. The van der Waals surface area contributed by atoms with Gasteiger partial charge < -0.3 is 24.4 Å². The van der Waals surface area contributed by atoms with Crippen LogP contribution < -0.4 is 9.47 Å². The zero-order valence-electron chi connectivity index (χ0n) is 14.5. The number of ether oxygens (including phenoxy) is 3. The minimum atomic E-state index is -1.68. The normalized spacial score (nSPS) is 18.3. The molecule has 0 aromatic heterocycles. The quantitative estimate of drug-likeness (QED) is 0.489. The number of esters is 1. The van der Waals surface area contributed by atoms with Crippen LogP contribution in [0.2, 0.25) is 0 Å². The number of carbonyl (C=O) groups is 2. The lowest BCUT2D eigenvalue weighted by molar-refractivity contribution is -0.145. The molecule has 0 bridgehead atoms. The molecule has 0 spiro atoms. The molecule has 1 atom stereocenters. The molecule has 7 heteroatoms. The number of aromatic hydroxyl groups is 2. The lowest BCUT2D eigenvalue weighted by atomic mass is 9.76. The monoisotopic (exact) mass is 358 g/mol. The van der Waals surface area contributed by atoms with Crippen LogP contribution in [-0.2, 0) is 21.4 Å². The summed E-state index contributed by atoms with van der Waals surface area (Å²) >= 11 is 0. The van der Waals surface area contributed by atoms with Crippen molar-refractivity contribution < 1.29 is 34.0 Å². The highest BCUT2D eigenvalue weighted by molar-refractivity contribution is 6.20. The third-order valence-electron chi connectivity index (χ3n) is 4.71. The molecule has 1 unspecified atom stereocenters. The van der Waals surface area contributed by atoms with E-state index in [4.69, 9.17) is 14.2 Å². The van der Waals surface area contributed by atoms with E-state index in [0.29, 0.717) is 16.9 Å². The van der Waals surface area contributed by atoms with E-state index in [9.17, 15) is 19.8 Å². The Morgan fingerprint density at radius 3 is 2.42 bits per heavy atom. The average Bonchev–Trinajstić information content (AvgIpc) is 2.96. The molecule has 3 rings (SSSR count). The number of carbonyl (C=O) groups excluding carboxylic acids is 2. The van der Waals surface area contributed by atoms with Crippen LogP contribution in [0, 0.1) is 0 Å². The lowest BCUT2D eigenvalue weighted by Gasteiger charge is -2.25. The zero-order chi connectivity index (χ0) is 19.1. The molecule has 0 fully saturated rings. The summed E-state index contributed by atoms with van der Waals surface area (Å²) < 4.78 is 15.1. The van der Waals surface area contributed by atoms with Crippen LogP contribution in [0.5, 0.6) is 23.0 Å². The topological polar surface area (TPSA) is 102 Å². The number of phenols is 2. The van der Waals surface area contributed by atoms with E-state index >= 15 is 0 Å². The highest BCUT2D eigenvalue weighted by Gasteiger charge is 2.54. The van der Waals surface area contributed by atoms with Crippen molar-refractivity contribution in [2.75, 3.05) is 21.3 Å². The van der Waals surface area contributed by atoms with Crippen LogP contribution >= 0.6 is 0 Å². The molecule has 2 N–H and O–H groups in total. The number of methoxy groups -OCH3 is 3. The van der Waals surface area contributed by atoms with E-state index in [-0.39, 0.29) is 17.7 Å². The van der Waals surface area contributed by atoms with Gasteiger partial charge in [0.25, 0.3) is 0 Å². The molecule has 136 valence electrons. The summed E-state index contributed by atoms with van der Waals surface area (Å²) in [7, 11) is 3.98. The Morgan fingerprint density at radius 1 is 1.08 bits per heavy atom. The fourth-order valence-corrected chi connectivity index (χ4v) is 3.33. The molecular weight excluding hydrogens is 340 g/mol. The molecule has 0 amide bonds. The van der Waals surface area contributed by atoms with Crippen molar-refractivity contribution in [3.05, 3.63) is 47.0 Å². The Hall–Kier alpha value is -3.22. The van der Waals surface area contributed by atoms with Crippen LogP contribution in [-0.4, -0.2) is 43.3 Å². The molecule has 1 aliphatic rings. The van der Waals surface area contributed by atoms with E-state index in [1.807, 2.05) is 0 Å². The molecule has 2 aromatic rings. The first-order valence-corrected chi connectivity index (χ1v) is 7.79. The highest BCUT2D eigenvalue weighted by atomic mass is 16.5. The van der Waals surface area contributed by atoms with Gasteiger partial charge in [-0.05, 0) is 35.4 Å². The number of hydrogen-bond donors (Lipinski definition) is 2. The number of ketones is 1. The zero-order valence-corrected chi connectivity index (χ0v) is 14.5. The van der Waals surface area contributed by atoms with Crippen LogP contribution in [0.3, 0.4) is 0 Å². The molecule has 1 aliphatic carbocycles. The SMILES string of the molecule is COC(=O)C1(c2cc(O)c(O)c(OC)c2)Cc2ccc(OC)cc2C1=O. The van der Waals surface area contributed by atoms with E-state index in [1.54, 1.807) is 18.2 Å². The number of phenolic OH excluding ortho intramolecular Hbond substituents is 2. The van der Waals surface area contributed by atoms with Crippen molar-refractivity contribution in [1.29, 1.82) is 0 Å². The second-order valence-corrected chi connectivity index (χ2v) is 5.97. The first-order valence-electron chi connectivity index (χ1n) is 7.79. The third kappa shape index (κ3) is 2.35. The van der Waals surface area contributed by atoms with Gasteiger partial charge in [-0.3, -0.25) is 9.59 Å². The number of benzene rings is 2. The predicted molar refractivity (Wildman–Crippen MR) is 91.0 cm³/mol. The van der Waals surface area contributed by atoms with Crippen molar-refractivity contribution in [3.63, 3.8) is 0 Å². The first-order chi connectivity index (χ1) is 12.4. The van der Waals surface area contributed by atoms with Gasteiger partial charge in [-0.2, -0.15) is 0 Å². The maximum atomic E-state index is 13.2. The van der Waals surface area contributed by atoms with Crippen molar-refractivity contribution >= 4 is 11.8 Å². The number of rotatable bonds is 4. The van der Waals surface area contributed by atoms with Gasteiger partial charge >= 0.3 is 5.97 Å². The minimum absolute atomic E-state index is 0.0513. The summed E-state index contributed by atoms with van der Waals surface area (Å²) in [6.45, 7) is 0. The van der Waals surface area contributed by atoms with Gasteiger partial charge in [0.15, 0.2) is 22.7 Å². The smallest absolute Gasteiger partial charge is 0.324 e. The highest BCUT2D eigenvalue weighted by Crippen LogP contribution is 2.46. The fourth-order valence-electron chi connectivity index (χ4n) is 3.33. The van der Waals surface area contributed by atoms with Crippen molar-refractivity contribution in [3.8, 4) is 23.0 Å². The summed E-state index contributed by atoms with van der Waals surface area (Å²) in [6.07, 6.45) is 0.0607. The van der Waals surface area contributed by atoms with E-state index < -0.39 is 28.7 Å². The predicted octanol–water partition coefficient (Wildman–Crippen LogP) is 1.96. The van der Waals surface area contributed by atoms with E-state index in [0.717, 1.165) is 0 Å². The molecule has 0 heterocycles. The van der Waals surface area contributed by atoms with Crippen LogP contribution in [0.1, 0.15) is 21.5 Å². The van der Waals surface area contributed by atoms with Gasteiger partial charge in [0.2, 0.25) is 5.75 Å². The first kappa shape index (κ1) is 17.6. The van der Waals surface area contributed by atoms with Gasteiger partial charge in [-0.1, -0.05) is 6.07 Å². The molecule has 0 saturated heterocycles. The average molecular weight is 358 g/mol. The van der Waals surface area contributed by atoms with Gasteiger partial charge in [-0.15, -0.1) is 0 Å². The van der Waals surface area contributed by atoms with Crippen molar-refractivity contribution in [2.45, 2.75) is 11.8 Å². The molecule has 26 heavy (non-hydrogen) atoms. The second kappa shape index (κ2) is 6.25. The molecule has 2 aromatic carbocycles. The van der Waals surface area contributed by atoms with Crippen molar-refractivity contribution in [1.82, 2.24) is 0 Å². The van der Waals surface area contributed by atoms with Gasteiger partial charge in [-0.25, -0.2) is 0 Å². The number of Topliss-reactive ketones (excluding diaryl/α,β-unsaturated/α-hetero) is 1. The second-order valence-electron chi connectivity index (χ2n) is 5.97. The Morgan fingerprint density at radius 2 is 1.81 bits per heavy atom. The molecule has 0 aliphatic heterocycles. The molecular formula is C19H18O7. The summed E-state index contributed by atoms with van der Waals surface area (Å²) in [6, 6.07) is 7.52. The van der Waals surface area contributed by atoms with E-state index in [1.165, 1.54) is 33.5 Å². The maximum Gasteiger partial charge on any atom is 0.324 e. The van der Waals surface area contributed by atoms with Crippen molar-refractivity contribution in [2.24, 2.45) is 0 Å². The van der Waals surface area contributed by atoms with Gasteiger partial charge in [0, 0.05) is 12.0 Å². The minimum Gasteiger partial charge on any atom is -0.504 e. The Kier molecular flexibility index (Phi) is 4.23. The summed E-state index contributed by atoms with van der Waals surface area (Å²) in [5, 5.41) is 19.9. The van der Waals surface area contributed by atoms with E-state index in [2.05, 4.69) is 0 Å². The Balaban J connectivity index is 2.24. The summed E-state index contributed by atoms with van der Waals surface area (Å²) in [4.78, 5) is 25.9. The van der Waals surface area contributed by atoms with Crippen LogP contribution in [0.25, 0.3) is 0 Å². The largest absolute Gasteiger partial charge is 0.504 e. The Bertz CT molecular complexity index is 903. The lowest BCUT2D eigenvalue weighted by Crippen LogP contribution is -2.42. The number of fused-ring (bicyclic) bond motifs is 1. The number of hydrogen-bond acceptors (Lipinski definition) is 7. The fraction of sp³-hybridized carbons (Fsp3) is 0.263. The maximum absolute atomic E-state index is 13.2. The molecule has 7 nitrogen and oxygen atoms in total. The van der Waals surface area contributed by atoms with Gasteiger partial charge in [0.1, 0.15) is 5.75 Å². The third-order valence-corrected chi connectivity index (χ3v) is 4.71. The van der Waals surface area contributed by atoms with Crippen LogP contribution in [0.4, 0.5) is 0 Å². The summed E-state index contributed by atoms with van der Waals surface area (Å²) in [5.74, 6) is -1.76.